The maximum absolute atomic E-state index is 4.83. The first-order valence-electron chi connectivity index (χ1n) is 12.5. The summed E-state index contributed by atoms with van der Waals surface area (Å²) >= 11 is 0. The Balaban J connectivity index is 0.00000363. The summed E-state index contributed by atoms with van der Waals surface area (Å²) in [5, 5.41) is 6.95. The van der Waals surface area contributed by atoms with Crippen molar-refractivity contribution in [2.45, 2.75) is 59.2 Å². The van der Waals surface area contributed by atoms with Crippen LogP contribution in [-0.2, 0) is 13.1 Å². The topological polar surface area (TPSA) is 46.1 Å². The molecule has 0 aliphatic carbocycles. The van der Waals surface area contributed by atoms with Crippen molar-refractivity contribution in [2.75, 3.05) is 58.9 Å². The van der Waals surface area contributed by atoms with E-state index < -0.39 is 0 Å². The summed E-state index contributed by atoms with van der Waals surface area (Å²) in [5.74, 6) is 0.916. The number of likely N-dealkylation sites (N-methyl/N-ethyl adjacent to an activating group) is 1. The van der Waals surface area contributed by atoms with Crippen LogP contribution in [0.15, 0.2) is 29.3 Å². The first-order chi connectivity index (χ1) is 15.2. The third kappa shape index (κ3) is 9.15. The van der Waals surface area contributed by atoms with Gasteiger partial charge in [-0.3, -0.25) is 9.80 Å². The number of halogens is 1. The van der Waals surface area contributed by atoms with E-state index in [0.29, 0.717) is 12.6 Å². The zero-order valence-electron chi connectivity index (χ0n) is 20.5. The quantitative estimate of drug-likeness (QED) is 0.278. The third-order valence-corrected chi connectivity index (χ3v) is 6.68. The number of hydrogen-bond donors (Lipinski definition) is 2. The van der Waals surface area contributed by atoms with E-state index in [0.717, 1.165) is 45.2 Å². The number of nitrogens with one attached hydrogen (secondary N) is 2. The molecule has 1 atom stereocenters. The van der Waals surface area contributed by atoms with Gasteiger partial charge in [-0.2, -0.15) is 0 Å². The van der Waals surface area contributed by atoms with Crippen molar-refractivity contribution in [3.8, 4) is 0 Å². The van der Waals surface area contributed by atoms with E-state index in [2.05, 4.69) is 70.4 Å². The molecule has 3 rings (SSSR count). The van der Waals surface area contributed by atoms with Crippen LogP contribution in [0.25, 0.3) is 0 Å². The average Bonchev–Trinajstić information content (AvgIpc) is 2.82. The van der Waals surface area contributed by atoms with Gasteiger partial charge < -0.3 is 15.5 Å². The molecule has 2 aliphatic rings. The fourth-order valence-electron chi connectivity index (χ4n) is 4.53. The zero-order valence-corrected chi connectivity index (χ0v) is 22.8. The lowest BCUT2D eigenvalue weighted by Crippen LogP contribution is -2.53. The molecule has 0 aromatic heterocycles. The molecule has 1 unspecified atom stereocenters. The maximum Gasteiger partial charge on any atom is 0.191 e. The average molecular weight is 557 g/mol. The number of benzene rings is 1. The molecule has 7 heteroatoms. The fraction of sp³-hybridized carbons (Fsp3) is 0.720. The lowest BCUT2D eigenvalue weighted by atomic mass is 10.1. The number of piperidine rings is 1. The van der Waals surface area contributed by atoms with Crippen molar-refractivity contribution in [3.63, 3.8) is 0 Å². The van der Waals surface area contributed by atoms with Crippen LogP contribution in [0.5, 0.6) is 0 Å². The van der Waals surface area contributed by atoms with E-state index in [1.54, 1.807) is 0 Å². The van der Waals surface area contributed by atoms with Gasteiger partial charge in [0.15, 0.2) is 5.96 Å². The van der Waals surface area contributed by atoms with Crippen LogP contribution in [-0.4, -0.2) is 85.6 Å². The van der Waals surface area contributed by atoms with Crippen molar-refractivity contribution >= 4 is 29.9 Å². The van der Waals surface area contributed by atoms with E-state index >= 15 is 0 Å². The molecular weight excluding hydrogens is 511 g/mol. The number of nitrogens with zero attached hydrogens (tertiary/aromatic N) is 4. The minimum absolute atomic E-state index is 0. The van der Waals surface area contributed by atoms with Crippen LogP contribution >= 0.6 is 24.0 Å². The highest BCUT2D eigenvalue weighted by atomic mass is 127. The van der Waals surface area contributed by atoms with Crippen LogP contribution in [0, 0.1) is 0 Å². The van der Waals surface area contributed by atoms with E-state index in [1.165, 1.54) is 56.6 Å². The second-order valence-electron chi connectivity index (χ2n) is 9.05. The monoisotopic (exact) mass is 556 g/mol. The summed E-state index contributed by atoms with van der Waals surface area (Å²) in [5.41, 5.74) is 2.68. The minimum atomic E-state index is 0. The van der Waals surface area contributed by atoms with Gasteiger partial charge in [0.2, 0.25) is 0 Å². The van der Waals surface area contributed by atoms with Crippen LogP contribution in [0.1, 0.15) is 51.2 Å². The summed E-state index contributed by atoms with van der Waals surface area (Å²) in [7, 11) is 0. The molecular formula is C25H45IN6. The lowest BCUT2D eigenvalue weighted by Gasteiger charge is -2.37. The normalized spacial score (nSPS) is 19.9. The molecule has 1 aromatic rings. The number of hydrogen-bond acceptors (Lipinski definition) is 4. The predicted molar refractivity (Wildman–Crippen MR) is 147 cm³/mol. The second kappa shape index (κ2) is 15.1. The minimum Gasteiger partial charge on any atom is -0.357 e. The van der Waals surface area contributed by atoms with Gasteiger partial charge in [-0.15, -0.1) is 24.0 Å². The highest BCUT2D eigenvalue weighted by Crippen LogP contribution is 2.14. The summed E-state index contributed by atoms with van der Waals surface area (Å²) in [6.07, 6.45) is 4.09. The molecule has 0 spiro atoms. The standard InChI is InChI=1S/C25H44N6.HI/c1-4-26-25(27-19-22(3)31-17-15-29(5-2)16-18-31)28-20-23-9-11-24(12-10-23)21-30-13-7-6-8-14-30;/h9-12,22H,4-8,13-21H2,1-3H3,(H2,26,27,28);1H. The Morgan fingerprint density at radius 2 is 1.53 bits per heavy atom. The highest BCUT2D eigenvalue weighted by Gasteiger charge is 2.20. The number of guanidine groups is 1. The molecule has 182 valence electrons. The van der Waals surface area contributed by atoms with Crippen molar-refractivity contribution in [1.82, 2.24) is 25.3 Å². The van der Waals surface area contributed by atoms with Crippen molar-refractivity contribution in [2.24, 2.45) is 4.99 Å². The smallest absolute Gasteiger partial charge is 0.191 e. The molecule has 0 radical (unpaired) electrons. The number of likely N-dealkylation sites (tertiary alicyclic amines) is 1. The molecule has 2 aliphatic heterocycles. The van der Waals surface area contributed by atoms with Crippen molar-refractivity contribution in [3.05, 3.63) is 35.4 Å². The van der Waals surface area contributed by atoms with Crippen LogP contribution in [0.3, 0.4) is 0 Å². The summed E-state index contributed by atoms with van der Waals surface area (Å²) < 4.78 is 0. The van der Waals surface area contributed by atoms with Gasteiger partial charge in [0.1, 0.15) is 0 Å². The molecule has 32 heavy (non-hydrogen) atoms. The molecule has 0 saturated carbocycles. The van der Waals surface area contributed by atoms with Gasteiger partial charge in [-0.05, 0) is 57.5 Å². The maximum atomic E-state index is 4.83. The Labute approximate surface area is 213 Å². The summed E-state index contributed by atoms with van der Waals surface area (Å²) in [6, 6.07) is 9.54. The number of piperazine rings is 1. The Bertz CT molecular complexity index is 651. The molecule has 2 fully saturated rings. The summed E-state index contributed by atoms with van der Waals surface area (Å²) in [6.45, 7) is 18.6. The largest absolute Gasteiger partial charge is 0.357 e. The van der Waals surface area contributed by atoms with Gasteiger partial charge in [-0.25, -0.2) is 4.99 Å². The predicted octanol–water partition coefficient (Wildman–Crippen LogP) is 3.37. The van der Waals surface area contributed by atoms with Gasteiger partial charge in [0.25, 0.3) is 0 Å². The van der Waals surface area contributed by atoms with Crippen LogP contribution in [0.2, 0.25) is 0 Å². The van der Waals surface area contributed by atoms with E-state index in [4.69, 9.17) is 4.99 Å². The number of rotatable bonds is 9. The lowest BCUT2D eigenvalue weighted by molar-refractivity contribution is 0.107. The fourth-order valence-corrected chi connectivity index (χ4v) is 4.53. The van der Waals surface area contributed by atoms with Gasteiger partial charge in [-0.1, -0.05) is 37.6 Å². The Kier molecular flexibility index (Phi) is 12.9. The molecule has 2 saturated heterocycles. The molecule has 1 aromatic carbocycles. The Hall–Kier alpha value is -0.900. The second-order valence-corrected chi connectivity index (χ2v) is 9.05. The summed E-state index contributed by atoms with van der Waals surface area (Å²) in [4.78, 5) is 12.5. The first-order valence-corrected chi connectivity index (χ1v) is 12.5. The zero-order chi connectivity index (χ0) is 21.9. The van der Waals surface area contributed by atoms with E-state index in [9.17, 15) is 0 Å². The molecule has 0 amide bonds. The van der Waals surface area contributed by atoms with E-state index in [-0.39, 0.29) is 24.0 Å². The van der Waals surface area contributed by atoms with Crippen molar-refractivity contribution < 1.29 is 0 Å². The third-order valence-electron chi connectivity index (χ3n) is 6.68. The molecule has 2 heterocycles. The van der Waals surface area contributed by atoms with E-state index in [1.807, 2.05) is 0 Å². The van der Waals surface area contributed by atoms with Gasteiger partial charge in [0.05, 0.1) is 6.54 Å². The van der Waals surface area contributed by atoms with Gasteiger partial charge >= 0.3 is 0 Å². The van der Waals surface area contributed by atoms with Gasteiger partial charge in [0, 0.05) is 51.9 Å². The molecule has 6 nitrogen and oxygen atoms in total. The molecule has 2 N–H and O–H groups in total. The Morgan fingerprint density at radius 1 is 0.875 bits per heavy atom. The highest BCUT2D eigenvalue weighted by molar-refractivity contribution is 14.0. The molecule has 0 bridgehead atoms. The first kappa shape index (κ1) is 27.3. The Morgan fingerprint density at radius 3 is 2.16 bits per heavy atom. The number of aliphatic imine (C=N–C) groups is 1. The van der Waals surface area contributed by atoms with Crippen LogP contribution < -0.4 is 10.6 Å². The van der Waals surface area contributed by atoms with Crippen molar-refractivity contribution in [1.29, 1.82) is 0 Å². The van der Waals surface area contributed by atoms with Crippen LogP contribution in [0.4, 0.5) is 0 Å². The SMILES string of the molecule is CCNC(=NCc1ccc(CN2CCCCC2)cc1)NCC(C)N1CCN(CC)CC1.I.